The summed E-state index contributed by atoms with van der Waals surface area (Å²) in [5.41, 5.74) is 4.93. The molecule has 6 heteroatoms. The fourth-order valence-electron chi connectivity index (χ4n) is 2.05. The largest absolute Gasteiger partial charge is 0.384 e. The van der Waals surface area contributed by atoms with E-state index in [4.69, 9.17) is 5.73 Å². The Kier molecular flexibility index (Phi) is 4.76. The molecule has 0 aliphatic heterocycles. The first-order valence-corrected chi connectivity index (χ1v) is 6.96. The van der Waals surface area contributed by atoms with Gasteiger partial charge in [-0.2, -0.15) is 0 Å². The van der Waals surface area contributed by atoms with Crippen molar-refractivity contribution in [2.24, 2.45) is 5.73 Å². The van der Waals surface area contributed by atoms with Gasteiger partial charge in [0, 0.05) is 11.1 Å². The Balaban J connectivity index is 2.02. The lowest BCUT2D eigenvalue weighted by Crippen LogP contribution is -2.38. The maximum Gasteiger partial charge on any atom is 0.251 e. The number of aliphatic hydroxyl groups is 1. The van der Waals surface area contributed by atoms with Crippen LogP contribution >= 0.6 is 0 Å². The fraction of sp³-hybridized carbons (Fsp3) is 0.176. The van der Waals surface area contributed by atoms with E-state index >= 15 is 0 Å². The number of carbonyl (C=O) groups excluding carboxylic acids is 2. The molecule has 0 spiro atoms. The Morgan fingerprint density at radius 1 is 1.09 bits per heavy atom. The number of nitrogens with two attached hydrogens (primary N) is 1. The summed E-state index contributed by atoms with van der Waals surface area (Å²) in [6, 6.07) is 11.3. The number of hydrogen-bond donors (Lipinski definition) is 3. The van der Waals surface area contributed by atoms with Crippen molar-refractivity contribution in [3.05, 3.63) is 71.0 Å². The van der Waals surface area contributed by atoms with Crippen molar-refractivity contribution in [1.82, 2.24) is 5.32 Å². The van der Waals surface area contributed by atoms with E-state index in [2.05, 4.69) is 5.32 Å². The van der Waals surface area contributed by atoms with Crippen molar-refractivity contribution in [3.63, 3.8) is 0 Å². The van der Waals surface area contributed by atoms with Crippen molar-refractivity contribution >= 4 is 11.8 Å². The van der Waals surface area contributed by atoms with Gasteiger partial charge < -0.3 is 16.2 Å². The third kappa shape index (κ3) is 4.14. The lowest BCUT2D eigenvalue weighted by atomic mass is 9.96. The number of benzene rings is 2. The average molecular weight is 316 g/mol. The van der Waals surface area contributed by atoms with E-state index in [-0.39, 0.29) is 6.54 Å². The van der Waals surface area contributed by atoms with Crippen molar-refractivity contribution in [2.45, 2.75) is 12.5 Å². The molecule has 1 unspecified atom stereocenters. The van der Waals surface area contributed by atoms with Crippen LogP contribution in [0, 0.1) is 5.82 Å². The molecule has 0 saturated carbocycles. The number of primary amides is 1. The van der Waals surface area contributed by atoms with Crippen LogP contribution in [0.5, 0.6) is 0 Å². The molecule has 0 heterocycles. The van der Waals surface area contributed by atoms with Crippen LogP contribution in [0.2, 0.25) is 0 Å². The van der Waals surface area contributed by atoms with E-state index < -0.39 is 23.2 Å². The number of halogens is 1. The van der Waals surface area contributed by atoms with Gasteiger partial charge in [-0.1, -0.05) is 12.1 Å². The van der Waals surface area contributed by atoms with Crippen LogP contribution in [0.15, 0.2) is 48.5 Å². The SMILES string of the molecule is CC(O)(CNC(=O)c1ccc(C(N)=O)cc1)c1ccc(F)cc1. The van der Waals surface area contributed by atoms with Gasteiger partial charge in [0.05, 0.1) is 6.54 Å². The minimum Gasteiger partial charge on any atom is -0.384 e. The topological polar surface area (TPSA) is 92.4 Å². The third-order valence-corrected chi connectivity index (χ3v) is 3.49. The van der Waals surface area contributed by atoms with E-state index in [1.54, 1.807) is 0 Å². The summed E-state index contributed by atoms with van der Waals surface area (Å²) >= 11 is 0. The van der Waals surface area contributed by atoms with Gasteiger partial charge in [0.2, 0.25) is 5.91 Å². The lowest BCUT2D eigenvalue weighted by Gasteiger charge is -2.24. The van der Waals surface area contributed by atoms with E-state index in [1.165, 1.54) is 55.5 Å². The van der Waals surface area contributed by atoms with E-state index in [0.29, 0.717) is 16.7 Å². The summed E-state index contributed by atoms with van der Waals surface area (Å²) in [4.78, 5) is 23.0. The molecule has 1 atom stereocenters. The highest BCUT2D eigenvalue weighted by Crippen LogP contribution is 2.20. The molecular weight excluding hydrogens is 299 g/mol. The quantitative estimate of drug-likeness (QED) is 0.781. The molecule has 2 aromatic carbocycles. The van der Waals surface area contributed by atoms with E-state index in [1.807, 2.05) is 0 Å². The second-order valence-corrected chi connectivity index (χ2v) is 5.41. The molecule has 0 aliphatic rings. The lowest BCUT2D eigenvalue weighted by molar-refractivity contribution is 0.0526. The van der Waals surface area contributed by atoms with Crippen molar-refractivity contribution in [3.8, 4) is 0 Å². The van der Waals surface area contributed by atoms with Crippen LogP contribution in [0.1, 0.15) is 33.2 Å². The van der Waals surface area contributed by atoms with Crippen molar-refractivity contribution in [1.29, 1.82) is 0 Å². The van der Waals surface area contributed by atoms with Gasteiger partial charge in [0.1, 0.15) is 11.4 Å². The van der Waals surface area contributed by atoms with E-state index in [0.717, 1.165) is 0 Å². The molecule has 0 aliphatic carbocycles. The normalized spacial score (nSPS) is 13.2. The number of amides is 2. The molecule has 2 aromatic rings. The van der Waals surface area contributed by atoms with Gasteiger partial charge in [-0.05, 0) is 48.9 Å². The summed E-state index contributed by atoms with van der Waals surface area (Å²) in [6.07, 6.45) is 0. The highest BCUT2D eigenvalue weighted by Gasteiger charge is 2.24. The Hall–Kier alpha value is -2.73. The minimum absolute atomic E-state index is 0.0466. The molecule has 0 aromatic heterocycles. The smallest absolute Gasteiger partial charge is 0.251 e. The van der Waals surface area contributed by atoms with Gasteiger partial charge in [0.25, 0.3) is 5.91 Å². The molecular formula is C17H17FN2O3. The number of rotatable bonds is 5. The molecule has 0 saturated heterocycles. The van der Waals surface area contributed by atoms with Gasteiger partial charge in [-0.25, -0.2) is 4.39 Å². The standard InChI is InChI=1S/C17H17FN2O3/c1-17(23,13-6-8-14(18)9-7-13)10-20-16(22)12-4-2-11(3-5-12)15(19)21/h2-9,23H,10H2,1H3,(H2,19,21)(H,20,22). The van der Waals surface area contributed by atoms with Gasteiger partial charge >= 0.3 is 0 Å². The number of hydrogen-bond acceptors (Lipinski definition) is 3. The predicted octanol–water partition coefficient (Wildman–Crippen LogP) is 1.56. The number of carbonyl (C=O) groups is 2. The Labute approximate surface area is 132 Å². The van der Waals surface area contributed by atoms with Crippen LogP contribution in [0.3, 0.4) is 0 Å². The molecule has 0 radical (unpaired) electrons. The molecule has 4 N–H and O–H groups in total. The van der Waals surface area contributed by atoms with Crippen LogP contribution in [-0.2, 0) is 5.60 Å². The average Bonchev–Trinajstić information content (AvgIpc) is 2.53. The minimum atomic E-state index is -1.34. The van der Waals surface area contributed by atoms with Gasteiger partial charge in [-0.3, -0.25) is 9.59 Å². The second kappa shape index (κ2) is 6.58. The molecule has 0 fully saturated rings. The Morgan fingerprint density at radius 3 is 2.13 bits per heavy atom. The zero-order chi connectivity index (χ0) is 17.0. The molecule has 2 rings (SSSR count). The first kappa shape index (κ1) is 16.6. The molecule has 23 heavy (non-hydrogen) atoms. The van der Waals surface area contributed by atoms with E-state index in [9.17, 15) is 19.1 Å². The predicted molar refractivity (Wildman–Crippen MR) is 83.3 cm³/mol. The van der Waals surface area contributed by atoms with Crippen LogP contribution < -0.4 is 11.1 Å². The molecule has 2 amide bonds. The first-order valence-electron chi connectivity index (χ1n) is 6.96. The maximum atomic E-state index is 12.9. The summed E-state index contributed by atoms with van der Waals surface area (Å²) in [5, 5.41) is 13.0. The Bertz CT molecular complexity index is 710. The first-order chi connectivity index (χ1) is 10.8. The van der Waals surface area contributed by atoms with Crippen molar-refractivity contribution < 1.29 is 19.1 Å². The third-order valence-electron chi connectivity index (χ3n) is 3.49. The molecule has 120 valence electrons. The fourth-order valence-corrected chi connectivity index (χ4v) is 2.05. The van der Waals surface area contributed by atoms with Gasteiger partial charge in [-0.15, -0.1) is 0 Å². The summed E-state index contributed by atoms with van der Waals surface area (Å²) in [7, 11) is 0. The molecule has 0 bridgehead atoms. The highest BCUT2D eigenvalue weighted by atomic mass is 19.1. The monoisotopic (exact) mass is 316 g/mol. The molecule has 5 nitrogen and oxygen atoms in total. The summed E-state index contributed by atoms with van der Waals surface area (Å²) < 4.78 is 12.9. The Morgan fingerprint density at radius 2 is 1.61 bits per heavy atom. The maximum absolute atomic E-state index is 12.9. The number of nitrogens with one attached hydrogen (secondary N) is 1. The van der Waals surface area contributed by atoms with Crippen LogP contribution in [0.4, 0.5) is 4.39 Å². The van der Waals surface area contributed by atoms with Crippen LogP contribution in [-0.4, -0.2) is 23.5 Å². The second-order valence-electron chi connectivity index (χ2n) is 5.41. The summed E-state index contributed by atoms with van der Waals surface area (Å²) in [6.45, 7) is 1.48. The highest BCUT2D eigenvalue weighted by molar-refractivity contribution is 5.97. The van der Waals surface area contributed by atoms with Crippen molar-refractivity contribution in [2.75, 3.05) is 6.54 Å². The zero-order valence-corrected chi connectivity index (χ0v) is 12.5. The summed E-state index contributed by atoms with van der Waals surface area (Å²) in [5.74, 6) is -1.37. The van der Waals surface area contributed by atoms with Crippen LogP contribution in [0.25, 0.3) is 0 Å². The van der Waals surface area contributed by atoms with Gasteiger partial charge in [0.15, 0.2) is 0 Å². The zero-order valence-electron chi connectivity index (χ0n) is 12.5.